The Balaban J connectivity index is 1.49. The van der Waals surface area contributed by atoms with E-state index in [1.54, 1.807) is 25.1 Å². The van der Waals surface area contributed by atoms with Crippen LogP contribution in [0.2, 0.25) is 0 Å². The zero-order chi connectivity index (χ0) is 30.2. The van der Waals surface area contributed by atoms with Crippen LogP contribution >= 0.6 is 0 Å². The summed E-state index contributed by atoms with van der Waals surface area (Å²) >= 11 is 0. The molecule has 4 heterocycles. The van der Waals surface area contributed by atoms with Gasteiger partial charge in [0.2, 0.25) is 0 Å². The minimum Gasteiger partial charge on any atom is -0.493 e. The van der Waals surface area contributed by atoms with Gasteiger partial charge in [-0.3, -0.25) is 0 Å². The number of hydrogen-bond donors (Lipinski definition) is 1. The molecule has 0 bridgehead atoms. The largest absolute Gasteiger partial charge is 0.493 e. The Morgan fingerprint density at radius 2 is 1.64 bits per heavy atom. The van der Waals surface area contributed by atoms with Crippen molar-refractivity contribution in [2.24, 2.45) is 9.98 Å². The van der Waals surface area contributed by atoms with Gasteiger partial charge >= 0.3 is 0 Å². The van der Waals surface area contributed by atoms with E-state index in [0.717, 1.165) is 39.6 Å². The monoisotopic (exact) mass is 585 g/mol. The molecule has 0 unspecified atom stereocenters. The molecule has 2 aromatic heterocycles. The van der Waals surface area contributed by atoms with Gasteiger partial charge < -0.3 is 24.4 Å². The van der Waals surface area contributed by atoms with Crippen LogP contribution in [0.15, 0.2) is 101 Å². The highest BCUT2D eigenvalue weighted by atomic mass is 16.5. The van der Waals surface area contributed by atoms with Crippen LogP contribution in [-0.4, -0.2) is 47.3 Å². The average molecular weight is 586 g/mol. The van der Waals surface area contributed by atoms with Crippen LogP contribution in [0, 0.1) is 6.92 Å². The third-order valence-corrected chi connectivity index (χ3v) is 7.67. The summed E-state index contributed by atoms with van der Waals surface area (Å²) in [5.74, 6) is 4.58. The molecule has 0 saturated heterocycles. The fourth-order valence-corrected chi connectivity index (χ4v) is 5.75. The minimum atomic E-state index is -0.328. The molecule has 7 rings (SSSR count). The van der Waals surface area contributed by atoms with Crippen molar-refractivity contribution < 1.29 is 14.2 Å². The first-order valence-electron chi connectivity index (χ1n) is 14.4. The summed E-state index contributed by atoms with van der Waals surface area (Å²) in [5, 5.41) is 8.51. The topological polar surface area (TPSA) is 98.4 Å². The summed E-state index contributed by atoms with van der Waals surface area (Å²) in [6.45, 7) is 4.51. The molecule has 2 aliphatic heterocycles. The molecular formula is C34H31N7O3. The van der Waals surface area contributed by atoms with Crippen molar-refractivity contribution in [3.63, 3.8) is 0 Å². The molecule has 1 atom stereocenters. The number of methoxy groups -OCH3 is 2. The fraction of sp³-hybridized carbons (Fsp3) is 0.176. The molecule has 5 aromatic rings. The number of amidine groups is 2. The highest BCUT2D eigenvalue weighted by Crippen LogP contribution is 2.49. The predicted molar refractivity (Wildman–Crippen MR) is 172 cm³/mol. The Morgan fingerprint density at radius 3 is 2.43 bits per heavy atom. The molecule has 2 aliphatic rings. The summed E-state index contributed by atoms with van der Waals surface area (Å²) in [7, 11) is 3.28. The summed E-state index contributed by atoms with van der Waals surface area (Å²) in [6, 6.07) is 27.3. The minimum absolute atomic E-state index is 0.328. The Bertz CT molecular complexity index is 1920. The first kappa shape index (κ1) is 27.2. The number of pyridine rings is 1. The van der Waals surface area contributed by atoms with Crippen molar-refractivity contribution in [2.45, 2.75) is 19.9 Å². The lowest BCUT2D eigenvalue weighted by atomic mass is 9.93. The lowest BCUT2D eigenvalue weighted by Crippen LogP contribution is -2.46. The molecule has 3 aromatic carbocycles. The van der Waals surface area contributed by atoms with Crippen molar-refractivity contribution in [3.8, 4) is 23.1 Å². The van der Waals surface area contributed by atoms with Crippen LogP contribution in [0.1, 0.15) is 29.8 Å². The van der Waals surface area contributed by atoms with E-state index in [1.807, 2.05) is 86.6 Å². The second-order valence-electron chi connectivity index (χ2n) is 10.2. The Morgan fingerprint density at radius 1 is 0.841 bits per heavy atom. The first-order chi connectivity index (χ1) is 21.6. The second-order valence-corrected chi connectivity index (χ2v) is 10.2. The lowest BCUT2D eigenvalue weighted by molar-refractivity contribution is 0.342. The maximum Gasteiger partial charge on any atom is 0.179 e. The number of nitrogens with zero attached hydrogens (tertiary/aromatic N) is 6. The van der Waals surface area contributed by atoms with Crippen LogP contribution < -0.4 is 24.4 Å². The van der Waals surface area contributed by atoms with E-state index in [0.29, 0.717) is 41.4 Å². The van der Waals surface area contributed by atoms with Gasteiger partial charge in [0.1, 0.15) is 5.75 Å². The van der Waals surface area contributed by atoms with E-state index in [1.165, 1.54) is 0 Å². The van der Waals surface area contributed by atoms with Crippen molar-refractivity contribution >= 4 is 34.6 Å². The third-order valence-electron chi connectivity index (χ3n) is 7.67. The number of rotatable bonds is 7. The normalized spacial score (nSPS) is 14.9. The standard InChI is InChI=1S/C34H31N7O3/c1-5-44-26-15-9-7-13-24(26)37-32-34-38-33-30(21(2)39-41(33)29-16-10-11-19-35-29)31(22-17-18-27(42-3)28(20-22)43-4)40(34)25-14-8-6-12-23(25)36-32/h6-20,31H,5H2,1-4H3,(H,36,37)/t31-/m1/s1. The van der Waals surface area contributed by atoms with Gasteiger partial charge in [-0.2, -0.15) is 9.78 Å². The van der Waals surface area contributed by atoms with Crippen LogP contribution in [0.5, 0.6) is 17.2 Å². The maximum absolute atomic E-state index is 5.94. The average Bonchev–Trinajstić information content (AvgIpc) is 3.40. The summed E-state index contributed by atoms with van der Waals surface area (Å²) < 4.78 is 19.1. The number of aryl methyl sites for hydroxylation is 1. The van der Waals surface area contributed by atoms with Gasteiger partial charge in [-0.05, 0) is 67.9 Å². The van der Waals surface area contributed by atoms with Crippen LogP contribution in [0.25, 0.3) is 5.82 Å². The molecular weight excluding hydrogens is 554 g/mol. The molecule has 10 heteroatoms. The SMILES string of the molecule is CCOc1ccccc1NC1=Nc2ccccc2N2C1=Nc1c(c(C)nn1-c1ccccn1)[C@H]2c1ccc(OC)c(OC)c1. The van der Waals surface area contributed by atoms with Gasteiger partial charge in [0.25, 0.3) is 0 Å². The van der Waals surface area contributed by atoms with Crippen molar-refractivity contribution in [2.75, 3.05) is 31.0 Å². The van der Waals surface area contributed by atoms with Gasteiger partial charge in [0, 0.05) is 11.8 Å². The molecule has 0 fully saturated rings. The Kier molecular flexibility index (Phi) is 6.94. The lowest BCUT2D eigenvalue weighted by Gasteiger charge is -2.40. The van der Waals surface area contributed by atoms with E-state index in [9.17, 15) is 0 Å². The van der Waals surface area contributed by atoms with E-state index >= 15 is 0 Å². The molecule has 10 nitrogen and oxygen atoms in total. The predicted octanol–water partition coefficient (Wildman–Crippen LogP) is 6.79. The van der Waals surface area contributed by atoms with E-state index in [2.05, 4.69) is 27.3 Å². The molecule has 0 radical (unpaired) electrons. The first-order valence-corrected chi connectivity index (χ1v) is 14.4. The quantitative estimate of drug-likeness (QED) is 0.225. The van der Waals surface area contributed by atoms with Crippen LogP contribution in [-0.2, 0) is 0 Å². The molecule has 0 amide bonds. The number of para-hydroxylation sites is 4. The van der Waals surface area contributed by atoms with Crippen LogP contribution in [0.3, 0.4) is 0 Å². The molecule has 0 aliphatic carbocycles. The van der Waals surface area contributed by atoms with Crippen molar-refractivity contribution in [1.29, 1.82) is 0 Å². The molecule has 220 valence electrons. The zero-order valence-electron chi connectivity index (χ0n) is 24.9. The fourth-order valence-electron chi connectivity index (χ4n) is 5.75. The highest BCUT2D eigenvalue weighted by molar-refractivity contribution is 6.51. The summed E-state index contributed by atoms with van der Waals surface area (Å²) in [6.07, 6.45) is 1.75. The smallest absolute Gasteiger partial charge is 0.179 e. The third kappa shape index (κ3) is 4.51. The van der Waals surface area contributed by atoms with Crippen molar-refractivity contribution in [3.05, 3.63) is 108 Å². The number of hydrogen-bond acceptors (Lipinski definition) is 9. The number of anilines is 2. The number of benzene rings is 3. The molecule has 0 saturated carbocycles. The number of ether oxygens (including phenoxy) is 3. The Hall–Kier alpha value is -5.64. The van der Waals surface area contributed by atoms with Gasteiger partial charge in [-0.25, -0.2) is 15.0 Å². The van der Waals surface area contributed by atoms with E-state index < -0.39 is 0 Å². The summed E-state index contributed by atoms with van der Waals surface area (Å²) in [5.41, 5.74) is 5.29. The highest BCUT2D eigenvalue weighted by Gasteiger charge is 2.42. The number of aliphatic imine (C=N–C) groups is 2. The summed E-state index contributed by atoms with van der Waals surface area (Å²) in [4.78, 5) is 17.2. The number of nitrogens with one attached hydrogen (secondary N) is 1. The maximum atomic E-state index is 5.94. The van der Waals surface area contributed by atoms with E-state index in [-0.39, 0.29) is 6.04 Å². The van der Waals surface area contributed by atoms with E-state index in [4.69, 9.17) is 29.3 Å². The second kappa shape index (κ2) is 11.2. The molecule has 44 heavy (non-hydrogen) atoms. The Labute approximate surface area is 255 Å². The molecule has 1 N–H and O–H groups in total. The number of aromatic nitrogens is 3. The van der Waals surface area contributed by atoms with Gasteiger partial charge in [0.15, 0.2) is 34.8 Å². The van der Waals surface area contributed by atoms with Gasteiger partial charge in [-0.15, -0.1) is 0 Å². The zero-order valence-corrected chi connectivity index (χ0v) is 24.9. The molecule has 0 spiro atoms. The van der Waals surface area contributed by atoms with Gasteiger partial charge in [0.05, 0.1) is 49.6 Å². The van der Waals surface area contributed by atoms with Crippen molar-refractivity contribution in [1.82, 2.24) is 14.8 Å². The number of fused-ring (bicyclic) bond motifs is 4. The van der Waals surface area contributed by atoms with Crippen LogP contribution in [0.4, 0.5) is 22.9 Å². The van der Waals surface area contributed by atoms with Gasteiger partial charge in [-0.1, -0.05) is 36.4 Å².